The number of ether oxygens (including phenoxy) is 1. The Hall–Kier alpha value is -1.89. The fourth-order valence-electron chi connectivity index (χ4n) is 3.40. The number of carbonyl (C=O) groups is 1. The molecule has 27 heavy (non-hydrogen) atoms. The second-order valence-corrected chi connectivity index (χ2v) is 8.15. The zero-order chi connectivity index (χ0) is 19.1. The van der Waals surface area contributed by atoms with Crippen molar-refractivity contribution in [3.05, 3.63) is 24.3 Å². The molecule has 1 aromatic carbocycles. The molecule has 0 aromatic heterocycles. The molecule has 1 aromatic rings. The predicted octanol–water partition coefficient (Wildman–Crippen LogP) is 2.60. The number of hydrogen-bond donors (Lipinski definition) is 1. The highest BCUT2D eigenvalue weighted by Crippen LogP contribution is 2.31. The van der Waals surface area contributed by atoms with Crippen LogP contribution < -0.4 is 15.0 Å². The van der Waals surface area contributed by atoms with Crippen LogP contribution in [-0.2, 0) is 4.79 Å². The van der Waals surface area contributed by atoms with Crippen molar-refractivity contribution >= 4 is 29.3 Å². The topological polar surface area (TPSA) is 57.2 Å². The number of benzene rings is 1. The van der Waals surface area contributed by atoms with E-state index in [1.165, 1.54) is 6.42 Å². The molecular formula is C20H30N4O2S. The van der Waals surface area contributed by atoms with E-state index in [1.54, 1.807) is 0 Å². The molecule has 2 aliphatic heterocycles. The Morgan fingerprint density at radius 1 is 1.37 bits per heavy atom. The number of nitrogens with one attached hydrogen (secondary N) is 1. The first-order valence-corrected chi connectivity index (χ1v) is 10.9. The van der Waals surface area contributed by atoms with Crippen molar-refractivity contribution in [3.63, 3.8) is 0 Å². The maximum absolute atomic E-state index is 12.2. The first-order chi connectivity index (χ1) is 13.2. The largest absolute Gasteiger partial charge is 0.482 e. The monoisotopic (exact) mass is 390 g/mol. The van der Waals surface area contributed by atoms with Gasteiger partial charge in [-0.2, -0.15) is 11.8 Å². The van der Waals surface area contributed by atoms with Crippen molar-refractivity contribution in [2.75, 3.05) is 50.0 Å². The Balaban J connectivity index is 1.57. The maximum atomic E-state index is 12.2. The predicted molar refractivity (Wildman–Crippen MR) is 113 cm³/mol. The third-order valence-electron chi connectivity index (χ3n) is 4.84. The van der Waals surface area contributed by atoms with Gasteiger partial charge < -0.3 is 19.9 Å². The average molecular weight is 391 g/mol. The molecule has 148 valence electrons. The second kappa shape index (κ2) is 9.88. The van der Waals surface area contributed by atoms with Crippen LogP contribution >= 0.6 is 11.8 Å². The summed E-state index contributed by atoms with van der Waals surface area (Å²) in [5, 5.41) is 4.11. The van der Waals surface area contributed by atoms with Crippen LogP contribution in [0.15, 0.2) is 29.3 Å². The van der Waals surface area contributed by atoms with Crippen molar-refractivity contribution < 1.29 is 9.53 Å². The summed E-state index contributed by atoms with van der Waals surface area (Å²) < 4.78 is 5.51. The first kappa shape index (κ1) is 19.9. The average Bonchev–Trinajstić information content (AvgIpc) is 2.71. The quantitative estimate of drug-likeness (QED) is 0.460. The van der Waals surface area contributed by atoms with Gasteiger partial charge in [0.15, 0.2) is 12.6 Å². The van der Waals surface area contributed by atoms with E-state index in [2.05, 4.69) is 35.8 Å². The number of para-hydroxylation sites is 2. The normalized spacial score (nSPS) is 20.3. The van der Waals surface area contributed by atoms with Crippen molar-refractivity contribution in [1.82, 2.24) is 10.2 Å². The van der Waals surface area contributed by atoms with Crippen LogP contribution in [0.3, 0.4) is 0 Å². The summed E-state index contributed by atoms with van der Waals surface area (Å²) >= 11 is 2.06. The summed E-state index contributed by atoms with van der Waals surface area (Å²) in [6.45, 7) is 8.81. The van der Waals surface area contributed by atoms with E-state index >= 15 is 0 Å². The maximum Gasteiger partial charge on any atom is 0.265 e. The van der Waals surface area contributed by atoms with Crippen molar-refractivity contribution in [2.45, 2.75) is 31.9 Å². The molecule has 0 saturated carbocycles. The minimum Gasteiger partial charge on any atom is -0.482 e. The molecule has 1 amide bonds. The first-order valence-electron chi connectivity index (χ1n) is 9.90. The van der Waals surface area contributed by atoms with Crippen molar-refractivity contribution in [2.24, 2.45) is 4.99 Å². The lowest BCUT2D eigenvalue weighted by Gasteiger charge is -2.34. The van der Waals surface area contributed by atoms with E-state index in [9.17, 15) is 4.79 Å². The van der Waals surface area contributed by atoms with Gasteiger partial charge in [0, 0.05) is 43.7 Å². The number of hydrogen-bond acceptors (Lipinski definition) is 4. The van der Waals surface area contributed by atoms with Crippen molar-refractivity contribution in [3.8, 4) is 5.75 Å². The fraction of sp³-hybridized carbons (Fsp3) is 0.600. The minimum atomic E-state index is 0.0171. The number of guanidine groups is 1. The molecular weight excluding hydrogens is 360 g/mol. The third-order valence-corrected chi connectivity index (χ3v) is 6.21. The summed E-state index contributed by atoms with van der Waals surface area (Å²) in [6.07, 6.45) is 2.02. The van der Waals surface area contributed by atoms with Gasteiger partial charge in [0.1, 0.15) is 5.75 Å². The molecule has 2 heterocycles. The van der Waals surface area contributed by atoms with Crippen LogP contribution in [0, 0.1) is 0 Å². The van der Waals surface area contributed by atoms with Crippen molar-refractivity contribution in [1.29, 1.82) is 0 Å². The van der Waals surface area contributed by atoms with E-state index in [0.717, 1.165) is 49.2 Å². The number of nitrogens with zero attached hydrogens (tertiary/aromatic N) is 3. The van der Waals surface area contributed by atoms with Crippen LogP contribution in [0.5, 0.6) is 5.75 Å². The van der Waals surface area contributed by atoms with Crippen LogP contribution in [0.1, 0.15) is 26.7 Å². The molecule has 1 fully saturated rings. The summed E-state index contributed by atoms with van der Waals surface area (Å²) in [5.41, 5.74) is 0.864. The molecule has 1 atom stereocenters. The Kier molecular flexibility index (Phi) is 7.26. The summed E-state index contributed by atoms with van der Waals surface area (Å²) in [6, 6.07) is 7.72. The number of anilines is 1. The van der Waals surface area contributed by atoms with Gasteiger partial charge >= 0.3 is 0 Å². The standard InChI is InChI=1S/C20H30N4O2S/c1-3-16-14-23(12-13-27-16)20(21-4-2)22-10-7-11-24-17-8-5-6-9-18(17)26-15-19(24)25/h5-6,8-9,16H,3-4,7,10-15H2,1-2H3,(H,21,22). The smallest absolute Gasteiger partial charge is 0.265 e. The van der Waals surface area contributed by atoms with Gasteiger partial charge in [-0.3, -0.25) is 9.79 Å². The van der Waals surface area contributed by atoms with Crippen LogP contribution in [0.25, 0.3) is 0 Å². The number of thioether (sulfide) groups is 1. The third kappa shape index (κ3) is 5.09. The number of rotatable bonds is 6. The number of fused-ring (bicyclic) bond motifs is 1. The lowest BCUT2D eigenvalue weighted by atomic mass is 10.2. The lowest BCUT2D eigenvalue weighted by molar-refractivity contribution is -0.121. The Morgan fingerprint density at radius 3 is 3.04 bits per heavy atom. The molecule has 1 saturated heterocycles. The van der Waals surface area contributed by atoms with Gasteiger partial charge in [-0.25, -0.2) is 0 Å². The van der Waals surface area contributed by atoms with Gasteiger partial charge in [0.2, 0.25) is 0 Å². The van der Waals surface area contributed by atoms with Crippen LogP contribution in [0.4, 0.5) is 5.69 Å². The van der Waals surface area contributed by atoms with E-state index in [1.807, 2.05) is 29.2 Å². The summed E-state index contributed by atoms with van der Waals surface area (Å²) in [4.78, 5) is 21.3. The highest BCUT2D eigenvalue weighted by Gasteiger charge is 2.25. The van der Waals surface area contributed by atoms with Gasteiger partial charge in [-0.05, 0) is 31.9 Å². The van der Waals surface area contributed by atoms with Gasteiger partial charge in [0.05, 0.1) is 5.69 Å². The SMILES string of the molecule is CCNC(=NCCCN1C(=O)COc2ccccc21)N1CCSC(CC)C1. The Bertz CT molecular complexity index is 667. The van der Waals surface area contributed by atoms with Crippen LogP contribution in [-0.4, -0.2) is 67.1 Å². The minimum absolute atomic E-state index is 0.0171. The molecule has 0 aliphatic carbocycles. The summed E-state index contributed by atoms with van der Waals surface area (Å²) in [7, 11) is 0. The van der Waals surface area contributed by atoms with Gasteiger partial charge in [0.25, 0.3) is 5.91 Å². The Morgan fingerprint density at radius 2 is 2.22 bits per heavy atom. The molecule has 0 bridgehead atoms. The molecule has 2 aliphatic rings. The molecule has 3 rings (SSSR count). The lowest BCUT2D eigenvalue weighted by Crippen LogP contribution is -2.48. The summed E-state index contributed by atoms with van der Waals surface area (Å²) in [5.74, 6) is 2.96. The highest BCUT2D eigenvalue weighted by molar-refractivity contribution is 8.00. The highest BCUT2D eigenvalue weighted by atomic mass is 32.2. The van der Waals surface area contributed by atoms with Gasteiger partial charge in [-0.15, -0.1) is 0 Å². The zero-order valence-electron chi connectivity index (χ0n) is 16.3. The molecule has 0 radical (unpaired) electrons. The fourth-order valence-corrected chi connectivity index (χ4v) is 4.58. The van der Waals surface area contributed by atoms with Gasteiger partial charge in [-0.1, -0.05) is 19.1 Å². The zero-order valence-corrected chi connectivity index (χ0v) is 17.1. The second-order valence-electron chi connectivity index (χ2n) is 6.74. The number of aliphatic imine (C=N–C) groups is 1. The molecule has 1 unspecified atom stereocenters. The molecule has 0 spiro atoms. The van der Waals surface area contributed by atoms with E-state index in [0.29, 0.717) is 18.3 Å². The molecule has 6 nitrogen and oxygen atoms in total. The van der Waals surface area contributed by atoms with E-state index in [4.69, 9.17) is 9.73 Å². The molecule has 7 heteroatoms. The molecule has 1 N–H and O–H groups in total. The number of amides is 1. The number of carbonyl (C=O) groups excluding carboxylic acids is 1. The van der Waals surface area contributed by atoms with Crippen LogP contribution in [0.2, 0.25) is 0 Å². The van der Waals surface area contributed by atoms with E-state index < -0.39 is 0 Å². The van der Waals surface area contributed by atoms with E-state index in [-0.39, 0.29) is 12.5 Å². The Labute approximate surface area is 166 Å².